The lowest BCUT2D eigenvalue weighted by Gasteiger charge is -2.35. The quantitative estimate of drug-likeness (QED) is 0.908. The first-order valence-corrected chi connectivity index (χ1v) is 9.41. The van der Waals surface area contributed by atoms with Crippen molar-refractivity contribution >= 4 is 11.8 Å². The Kier molecular flexibility index (Phi) is 5.04. The summed E-state index contributed by atoms with van der Waals surface area (Å²) in [6.07, 6.45) is 2.02. The predicted octanol–water partition coefficient (Wildman–Crippen LogP) is 1.81. The lowest BCUT2D eigenvalue weighted by Crippen LogP contribution is -2.40. The van der Waals surface area contributed by atoms with Crippen molar-refractivity contribution in [2.75, 3.05) is 56.7 Å². The number of hydrogen-bond acceptors (Lipinski definition) is 6. The van der Waals surface area contributed by atoms with Gasteiger partial charge in [-0.25, -0.2) is 4.98 Å². The Labute approximate surface area is 155 Å². The minimum absolute atomic E-state index is 0.0854. The summed E-state index contributed by atoms with van der Waals surface area (Å²) in [5.41, 5.74) is 3.72. The van der Waals surface area contributed by atoms with Crippen molar-refractivity contribution in [2.45, 2.75) is 18.9 Å². The minimum atomic E-state index is 0.0854. The predicted molar refractivity (Wildman–Crippen MR) is 104 cm³/mol. The molecule has 138 valence electrons. The van der Waals surface area contributed by atoms with Gasteiger partial charge >= 0.3 is 0 Å². The summed E-state index contributed by atoms with van der Waals surface area (Å²) >= 11 is 0. The highest BCUT2D eigenvalue weighted by Crippen LogP contribution is 2.30. The Balaban J connectivity index is 1.68. The van der Waals surface area contributed by atoms with Crippen LogP contribution in [0.1, 0.15) is 22.9 Å². The van der Waals surface area contributed by atoms with Crippen LogP contribution in [0, 0.1) is 0 Å². The summed E-state index contributed by atoms with van der Waals surface area (Å²) in [6, 6.07) is 10.5. The van der Waals surface area contributed by atoms with Gasteiger partial charge in [-0.2, -0.15) is 4.98 Å². The van der Waals surface area contributed by atoms with Crippen molar-refractivity contribution < 1.29 is 4.74 Å². The van der Waals surface area contributed by atoms with Gasteiger partial charge < -0.3 is 19.9 Å². The SMILES string of the molecule is CN(C)c1nc2c(c(N3CCOC(c4ccccc4)C3)n1)CCNCC2. The largest absolute Gasteiger partial charge is 0.370 e. The molecule has 1 fully saturated rings. The Hall–Kier alpha value is -2.18. The Morgan fingerprint density at radius 1 is 1.12 bits per heavy atom. The maximum atomic E-state index is 6.05. The Morgan fingerprint density at radius 2 is 1.92 bits per heavy atom. The molecule has 1 N–H and O–H groups in total. The molecule has 0 saturated carbocycles. The van der Waals surface area contributed by atoms with Crippen LogP contribution in [0.4, 0.5) is 11.8 Å². The summed E-state index contributed by atoms with van der Waals surface area (Å²) in [6.45, 7) is 4.37. The molecule has 2 aromatic rings. The van der Waals surface area contributed by atoms with E-state index in [0.29, 0.717) is 6.61 Å². The molecule has 0 spiro atoms. The molecule has 1 saturated heterocycles. The second kappa shape index (κ2) is 7.60. The van der Waals surface area contributed by atoms with E-state index in [-0.39, 0.29) is 6.10 Å². The molecule has 3 heterocycles. The van der Waals surface area contributed by atoms with E-state index in [4.69, 9.17) is 14.7 Å². The van der Waals surface area contributed by atoms with Crippen LogP contribution in [-0.2, 0) is 17.6 Å². The normalized spacial score (nSPS) is 20.4. The fourth-order valence-electron chi connectivity index (χ4n) is 3.69. The highest BCUT2D eigenvalue weighted by molar-refractivity contribution is 5.54. The van der Waals surface area contributed by atoms with E-state index in [1.54, 1.807) is 0 Å². The monoisotopic (exact) mass is 353 g/mol. The van der Waals surface area contributed by atoms with Gasteiger partial charge in [-0.3, -0.25) is 0 Å². The van der Waals surface area contributed by atoms with Gasteiger partial charge in [0.15, 0.2) is 0 Å². The Morgan fingerprint density at radius 3 is 2.73 bits per heavy atom. The maximum absolute atomic E-state index is 6.05. The number of morpholine rings is 1. The van der Waals surface area contributed by atoms with E-state index in [2.05, 4.69) is 34.5 Å². The number of hydrogen-bond donors (Lipinski definition) is 1. The number of fused-ring (bicyclic) bond motifs is 1. The van der Waals surface area contributed by atoms with Crippen molar-refractivity contribution in [1.29, 1.82) is 0 Å². The summed E-state index contributed by atoms with van der Waals surface area (Å²) in [5, 5.41) is 3.48. The zero-order chi connectivity index (χ0) is 17.9. The average molecular weight is 353 g/mol. The van der Waals surface area contributed by atoms with E-state index in [9.17, 15) is 0 Å². The van der Waals surface area contributed by atoms with Gasteiger partial charge in [-0.05, 0) is 18.5 Å². The zero-order valence-electron chi connectivity index (χ0n) is 15.6. The molecular formula is C20H27N5O. The topological polar surface area (TPSA) is 53.5 Å². The molecule has 0 bridgehead atoms. The molecule has 6 heteroatoms. The third-order valence-corrected chi connectivity index (χ3v) is 5.09. The fourth-order valence-corrected chi connectivity index (χ4v) is 3.69. The van der Waals surface area contributed by atoms with Crippen LogP contribution in [0.5, 0.6) is 0 Å². The molecule has 2 aliphatic heterocycles. The van der Waals surface area contributed by atoms with Crippen molar-refractivity contribution in [2.24, 2.45) is 0 Å². The third-order valence-electron chi connectivity index (χ3n) is 5.09. The number of anilines is 2. The van der Waals surface area contributed by atoms with Gasteiger partial charge in [0.25, 0.3) is 0 Å². The number of nitrogens with one attached hydrogen (secondary N) is 1. The molecular weight excluding hydrogens is 326 g/mol. The molecule has 0 aliphatic carbocycles. The summed E-state index contributed by atoms with van der Waals surface area (Å²) in [5.74, 6) is 1.88. The summed E-state index contributed by atoms with van der Waals surface area (Å²) in [7, 11) is 4.01. The van der Waals surface area contributed by atoms with Crippen molar-refractivity contribution in [3.8, 4) is 0 Å². The molecule has 1 unspecified atom stereocenters. The van der Waals surface area contributed by atoms with Crippen molar-refractivity contribution in [1.82, 2.24) is 15.3 Å². The first-order valence-electron chi connectivity index (χ1n) is 9.41. The van der Waals surface area contributed by atoms with Crippen LogP contribution in [0.2, 0.25) is 0 Å². The molecule has 1 aromatic carbocycles. The van der Waals surface area contributed by atoms with Gasteiger partial charge in [-0.15, -0.1) is 0 Å². The van der Waals surface area contributed by atoms with Crippen LogP contribution in [-0.4, -0.2) is 56.8 Å². The summed E-state index contributed by atoms with van der Waals surface area (Å²) < 4.78 is 6.05. The molecule has 1 aromatic heterocycles. The maximum Gasteiger partial charge on any atom is 0.227 e. The zero-order valence-corrected chi connectivity index (χ0v) is 15.6. The molecule has 6 nitrogen and oxygen atoms in total. The average Bonchev–Trinajstić information content (AvgIpc) is 2.93. The molecule has 1 atom stereocenters. The smallest absolute Gasteiger partial charge is 0.227 e. The van der Waals surface area contributed by atoms with E-state index in [0.717, 1.165) is 50.8 Å². The Bertz CT molecular complexity index is 749. The number of benzene rings is 1. The molecule has 26 heavy (non-hydrogen) atoms. The molecule has 4 rings (SSSR count). The highest BCUT2D eigenvalue weighted by atomic mass is 16.5. The van der Waals surface area contributed by atoms with Gasteiger partial charge in [0.2, 0.25) is 5.95 Å². The number of rotatable bonds is 3. The number of nitrogens with zero attached hydrogens (tertiary/aromatic N) is 4. The number of aromatic nitrogens is 2. The van der Waals surface area contributed by atoms with E-state index < -0.39 is 0 Å². The first kappa shape index (κ1) is 17.2. The van der Waals surface area contributed by atoms with Gasteiger partial charge in [0.05, 0.1) is 12.3 Å². The van der Waals surface area contributed by atoms with E-state index in [1.807, 2.05) is 25.1 Å². The van der Waals surface area contributed by atoms with Crippen molar-refractivity contribution in [3.05, 3.63) is 47.2 Å². The number of ether oxygens (including phenoxy) is 1. The van der Waals surface area contributed by atoms with Crippen LogP contribution in [0.25, 0.3) is 0 Å². The van der Waals surface area contributed by atoms with Crippen LogP contribution >= 0.6 is 0 Å². The second-order valence-corrected chi connectivity index (χ2v) is 7.13. The summed E-state index contributed by atoms with van der Waals surface area (Å²) in [4.78, 5) is 14.1. The van der Waals surface area contributed by atoms with Crippen LogP contribution in [0.3, 0.4) is 0 Å². The fraction of sp³-hybridized carbons (Fsp3) is 0.500. The van der Waals surface area contributed by atoms with Crippen molar-refractivity contribution in [3.63, 3.8) is 0 Å². The van der Waals surface area contributed by atoms with Crippen LogP contribution < -0.4 is 15.1 Å². The van der Waals surface area contributed by atoms with Crippen LogP contribution in [0.15, 0.2) is 30.3 Å². The second-order valence-electron chi connectivity index (χ2n) is 7.13. The first-order chi connectivity index (χ1) is 12.7. The molecule has 0 amide bonds. The standard InChI is InChI=1S/C20H27N5O/c1-24(2)20-22-17-9-11-21-10-8-16(17)19(23-20)25-12-13-26-18(14-25)15-6-4-3-5-7-15/h3-7,18,21H,8-14H2,1-2H3. The molecule has 0 radical (unpaired) electrons. The lowest BCUT2D eigenvalue weighted by atomic mass is 10.1. The van der Waals surface area contributed by atoms with Gasteiger partial charge in [0, 0.05) is 45.7 Å². The van der Waals surface area contributed by atoms with E-state index in [1.165, 1.54) is 16.8 Å². The van der Waals surface area contributed by atoms with E-state index >= 15 is 0 Å². The third kappa shape index (κ3) is 3.52. The minimum Gasteiger partial charge on any atom is -0.370 e. The van der Waals surface area contributed by atoms with Gasteiger partial charge in [-0.1, -0.05) is 30.3 Å². The van der Waals surface area contributed by atoms with Gasteiger partial charge in [0.1, 0.15) is 11.9 Å². The highest BCUT2D eigenvalue weighted by Gasteiger charge is 2.27. The lowest BCUT2D eigenvalue weighted by molar-refractivity contribution is 0.0394. The molecule has 2 aliphatic rings.